The molecule has 5 nitrogen and oxygen atoms in total. The summed E-state index contributed by atoms with van der Waals surface area (Å²) in [4.78, 5) is 0. The zero-order valence-corrected chi connectivity index (χ0v) is 15.0. The minimum atomic E-state index is -3.31. The fraction of sp³-hybridized carbons (Fsp3) is 1.00. The van der Waals surface area contributed by atoms with Crippen molar-refractivity contribution >= 4 is 22.0 Å². The van der Waals surface area contributed by atoms with Crippen molar-refractivity contribution in [1.82, 2.24) is 13.9 Å². The van der Waals surface area contributed by atoms with Crippen LogP contribution in [0.15, 0.2) is 0 Å². The van der Waals surface area contributed by atoms with Crippen molar-refractivity contribution in [2.75, 3.05) is 39.0 Å². The van der Waals surface area contributed by atoms with Crippen molar-refractivity contribution in [3.63, 3.8) is 0 Å². The van der Waals surface area contributed by atoms with Gasteiger partial charge in [-0.1, -0.05) is 13.8 Å². The molecular weight excluding hydrogens is 294 g/mol. The van der Waals surface area contributed by atoms with Gasteiger partial charge in [0.15, 0.2) is 0 Å². The Morgan fingerprint density at radius 2 is 2.05 bits per heavy atom. The molecule has 0 radical (unpaired) electrons. The molecule has 0 bridgehead atoms. The summed E-state index contributed by atoms with van der Waals surface area (Å²) in [7, 11) is -1.63. The third-order valence-corrected chi connectivity index (χ3v) is 6.54. The van der Waals surface area contributed by atoms with E-state index in [0.717, 1.165) is 18.7 Å². The molecule has 1 fully saturated rings. The second kappa shape index (κ2) is 7.45. The molecule has 120 valence electrons. The van der Waals surface area contributed by atoms with Gasteiger partial charge in [0.2, 0.25) is 0 Å². The summed E-state index contributed by atoms with van der Waals surface area (Å²) in [6.45, 7) is 11.0. The van der Waals surface area contributed by atoms with Crippen LogP contribution in [0.2, 0.25) is 0 Å². The van der Waals surface area contributed by atoms with Crippen LogP contribution in [0.1, 0.15) is 34.1 Å². The number of hydrogen-bond donors (Lipinski definition) is 1. The molecule has 0 unspecified atom stereocenters. The van der Waals surface area contributed by atoms with E-state index >= 15 is 0 Å². The lowest BCUT2D eigenvalue weighted by atomic mass is 10.2. The molecule has 0 aliphatic carbocycles. The monoisotopic (exact) mass is 323 g/mol. The summed E-state index contributed by atoms with van der Waals surface area (Å²) in [5.41, 5.74) is 0. The second-order valence-corrected chi connectivity index (χ2v) is 10.1. The molecule has 0 saturated carbocycles. The van der Waals surface area contributed by atoms with Gasteiger partial charge >= 0.3 is 0 Å². The molecular formula is C13H29N3O2S2. The molecule has 0 amide bonds. The summed E-state index contributed by atoms with van der Waals surface area (Å²) in [5.74, 6) is 0.870. The second-order valence-electron chi connectivity index (χ2n) is 6.23. The SMILES string of the molecule is CC(C)NCCCN(C)S(=O)(=O)N1CCSC(C)(C)C1. The van der Waals surface area contributed by atoms with Crippen molar-refractivity contribution in [2.45, 2.75) is 44.9 Å². The summed E-state index contributed by atoms with van der Waals surface area (Å²) >= 11 is 1.84. The van der Waals surface area contributed by atoms with Crippen molar-refractivity contribution in [1.29, 1.82) is 0 Å². The molecule has 1 saturated heterocycles. The van der Waals surface area contributed by atoms with Crippen LogP contribution in [0.4, 0.5) is 0 Å². The Morgan fingerprint density at radius 3 is 2.60 bits per heavy atom. The Balaban J connectivity index is 2.50. The molecule has 1 rings (SSSR count). The zero-order valence-electron chi connectivity index (χ0n) is 13.3. The van der Waals surface area contributed by atoms with Crippen molar-refractivity contribution in [3.8, 4) is 0 Å². The lowest BCUT2D eigenvalue weighted by molar-refractivity contribution is 0.341. The summed E-state index contributed by atoms with van der Waals surface area (Å²) in [5, 5.41) is 3.31. The Kier molecular flexibility index (Phi) is 6.79. The van der Waals surface area contributed by atoms with Crippen LogP contribution in [-0.4, -0.2) is 66.8 Å². The predicted octanol–water partition coefficient (Wildman–Crippen LogP) is 1.38. The van der Waals surface area contributed by atoms with E-state index in [1.54, 1.807) is 11.4 Å². The minimum Gasteiger partial charge on any atom is -0.314 e. The van der Waals surface area contributed by atoms with E-state index < -0.39 is 10.2 Å². The average molecular weight is 324 g/mol. The molecule has 1 N–H and O–H groups in total. The first kappa shape index (κ1) is 18.2. The first-order valence-corrected chi connectivity index (χ1v) is 9.62. The Bertz CT molecular complexity index is 396. The van der Waals surface area contributed by atoms with E-state index in [2.05, 4.69) is 33.0 Å². The van der Waals surface area contributed by atoms with Gasteiger partial charge in [-0.15, -0.1) is 0 Å². The fourth-order valence-corrected chi connectivity index (χ4v) is 5.05. The molecule has 7 heteroatoms. The van der Waals surface area contributed by atoms with Crippen LogP contribution in [0.25, 0.3) is 0 Å². The number of rotatable bonds is 7. The Labute approximate surface area is 128 Å². The maximum Gasteiger partial charge on any atom is 0.281 e. The third-order valence-electron chi connectivity index (χ3n) is 3.31. The average Bonchev–Trinajstić information content (AvgIpc) is 2.32. The van der Waals surface area contributed by atoms with E-state index in [4.69, 9.17) is 0 Å². The van der Waals surface area contributed by atoms with Crippen molar-refractivity contribution < 1.29 is 8.42 Å². The molecule has 20 heavy (non-hydrogen) atoms. The smallest absolute Gasteiger partial charge is 0.281 e. The van der Waals surface area contributed by atoms with Gasteiger partial charge in [-0.2, -0.15) is 28.8 Å². The van der Waals surface area contributed by atoms with Gasteiger partial charge in [-0.05, 0) is 26.8 Å². The zero-order chi connectivity index (χ0) is 15.4. The van der Waals surface area contributed by atoms with E-state index in [1.807, 2.05) is 11.8 Å². The summed E-state index contributed by atoms with van der Waals surface area (Å²) in [6, 6.07) is 0.442. The maximum atomic E-state index is 12.5. The van der Waals surface area contributed by atoms with Gasteiger partial charge < -0.3 is 5.32 Å². The lowest BCUT2D eigenvalue weighted by Crippen LogP contribution is -2.51. The first-order chi connectivity index (χ1) is 9.15. The standard InChI is InChI=1S/C13H29N3O2S2/c1-12(2)14-7-6-8-15(5)20(17,18)16-9-10-19-13(3,4)11-16/h12,14H,6-11H2,1-5H3. The van der Waals surface area contributed by atoms with Crippen LogP contribution in [0.5, 0.6) is 0 Å². The van der Waals surface area contributed by atoms with E-state index in [0.29, 0.717) is 25.7 Å². The molecule has 0 aromatic rings. The lowest BCUT2D eigenvalue weighted by Gasteiger charge is -2.38. The van der Waals surface area contributed by atoms with Crippen LogP contribution >= 0.6 is 11.8 Å². The summed E-state index contributed by atoms with van der Waals surface area (Å²) in [6.07, 6.45) is 0.833. The highest BCUT2D eigenvalue weighted by Gasteiger charge is 2.35. The van der Waals surface area contributed by atoms with Gasteiger partial charge in [0, 0.05) is 43.2 Å². The van der Waals surface area contributed by atoms with Gasteiger partial charge in [0.05, 0.1) is 0 Å². The highest BCUT2D eigenvalue weighted by Crippen LogP contribution is 2.31. The molecule has 0 aromatic heterocycles. The largest absolute Gasteiger partial charge is 0.314 e. The number of hydrogen-bond acceptors (Lipinski definition) is 4. The van der Waals surface area contributed by atoms with Crippen LogP contribution in [-0.2, 0) is 10.2 Å². The number of nitrogens with zero attached hydrogens (tertiary/aromatic N) is 2. The highest BCUT2D eigenvalue weighted by molar-refractivity contribution is 8.00. The van der Waals surface area contributed by atoms with Crippen LogP contribution in [0.3, 0.4) is 0 Å². The van der Waals surface area contributed by atoms with Crippen molar-refractivity contribution in [3.05, 3.63) is 0 Å². The molecule has 0 atom stereocenters. The van der Waals surface area contributed by atoms with E-state index in [-0.39, 0.29) is 4.75 Å². The first-order valence-electron chi connectivity index (χ1n) is 7.24. The predicted molar refractivity (Wildman–Crippen MR) is 87.4 cm³/mol. The normalized spacial score (nSPS) is 20.8. The fourth-order valence-electron chi connectivity index (χ4n) is 2.18. The van der Waals surface area contributed by atoms with Gasteiger partial charge in [-0.25, -0.2) is 0 Å². The topological polar surface area (TPSA) is 52.7 Å². The van der Waals surface area contributed by atoms with E-state index in [1.165, 1.54) is 4.31 Å². The maximum absolute atomic E-state index is 12.5. The Morgan fingerprint density at radius 1 is 1.40 bits per heavy atom. The third kappa shape index (κ3) is 5.52. The van der Waals surface area contributed by atoms with Gasteiger partial charge in [0.1, 0.15) is 0 Å². The van der Waals surface area contributed by atoms with Gasteiger partial charge in [0.25, 0.3) is 10.2 Å². The molecule has 0 aromatic carbocycles. The Hall–Kier alpha value is 0.180. The molecule has 1 aliphatic heterocycles. The van der Waals surface area contributed by atoms with Crippen LogP contribution in [0, 0.1) is 0 Å². The highest BCUT2D eigenvalue weighted by atomic mass is 32.2. The number of thioether (sulfide) groups is 1. The number of nitrogens with one attached hydrogen (secondary N) is 1. The van der Waals surface area contributed by atoms with Crippen LogP contribution < -0.4 is 5.32 Å². The summed E-state index contributed by atoms with van der Waals surface area (Å²) < 4.78 is 28.2. The van der Waals surface area contributed by atoms with Gasteiger partial charge in [-0.3, -0.25) is 0 Å². The quantitative estimate of drug-likeness (QED) is 0.719. The van der Waals surface area contributed by atoms with E-state index in [9.17, 15) is 8.42 Å². The molecule has 1 heterocycles. The molecule has 0 spiro atoms. The minimum absolute atomic E-state index is 0.00532. The molecule has 1 aliphatic rings. The van der Waals surface area contributed by atoms with Crippen molar-refractivity contribution in [2.24, 2.45) is 0 Å².